The van der Waals surface area contributed by atoms with Crippen LogP contribution in [0.2, 0.25) is 0 Å². The Hall–Kier alpha value is -2.51. The molecule has 0 amide bonds. The summed E-state index contributed by atoms with van der Waals surface area (Å²) in [5.41, 5.74) is 2.10. The minimum absolute atomic E-state index is 0.0295. The lowest BCUT2D eigenvalue weighted by molar-refractivity contribution is 0.113. The molecule has 5 heterocycles. The first-order valence-corrected chi connectivity index (χ1v) is 12.2. The van der Waals surface area contributed by atoms with Crippen LogP contribution in [0.5, 0.6) is 0 Å². The van der Waals surface area contributed by atoms with E-state index in [4.69, 9.17) is 10.4 Å². The first kappa shape index (κ1) is 21.3. The monoisotopic (exact) mass is 451 g/mol. The van der Waals surface area contributed by atoms with E-state index in [0.29, 0.717) is 31.0 Å². The molecule has 2 fully saturated rings. The van der Waals surface area contributed by atoms with Gasteiger partial charge in [-0.25, -0.2) is 4.98 Å². The van der Waals surface area contributed by atoms with Gasteiger partial charge in [0.25, 0.3) is 0 Å². The summed E-state index contributed by atoms with van der Waals surface area (Å²) in [6, 6.07) is 7.98. The Morgan fingerprint density at radius 2 is 2.12 bits per heavy atom. The molecular formula is C23H29N7OS. The number of aliphatic hydroxyl groups excluding tert-OH is 1. The molecule has 168 valence electrons. The fourth-order valence-electron chi connectivity index (χ4n) is 5.31. The Kier molecular flexibility index (Phi) is 6.37. The molecule has 2 aromatic heterocycles. The highest BCUT2D eigenvalue weighted by molar-refractivity contribution is 7.15. The number of rotatable bonds is 8. The number of aliphatic hydroxyl groups is 1. The van der Waals surface area contributed by atoms with Crippen LogP contribution >= 0.6 is 11.3 Å². The number of nitriles is 1. The van der Waals surface area contributed by atoms with Crippen molar-refractivity contribution >= 4 is 22.5 Å². The molecule has 4 N–H and O–H groups in total. The van der Waals surface area contributed by atoms with Crippen molar-refractivity contribution in [3.63, 3.8) is 0 Å². The molecule has 2 saturated heterocycles. The molecule has 2 bridgehead atoms. The van der Waals surface area contributed by atoms with Crippen molar-refractivity contribution in [3.8, 4) is 6.07 Å². The van der Waals surface area contributed by atoms with Crippen molar-refractivity contribution in [1.82, 2.24) is 25.5 Å². The second-order valence-corrected chi connectivity index (χ2v) is 9.82. The molecule has 9 heteroatoms. The highest BCUT2D eigenvalue weighted by Gasteiger charge is 2.41. The molecule has 5 rings (SSSR count). The Labute approximate surface area is 192 Å². The highest BCUT2D eigenvalue weighted by atomic mass is 32.1. The number of piperidine rings is 1. The summed E-state index contributed by atoms with van der Waals surface area (Å²) in [7, 11) is 0. The van der Waals surface area contributed by atoms with Crippen LogP contribution in [0.3, 0.4) is 0 Å². The predicted octanol–water partition coefficient (Wildman–Crippen LogP) is 2.58. The van der Waals surface area contributed by atoms with Gasteiger partial charge in [0.1, 0.15) is 12.0 Å². The zero-order valence-electron chi connectivity index (χ0n) is 18.0. The lowest BCUT2D eigenvalue weighted by Crippen LogP contribution is -2.52. The number of aromatic nitrogens is 2. The van der Waals surface area contributed by atoms with E-state index in [9.17, 15) is 0 Å². The van der Waals surface area contributed by atoms with Crippen molar-refractivity contribution in [2.75, 3.05) is 18.5 Å². The van der Waals surface area contributed by atoms with E-state index in [-0.39, 0.29) is 12.8 Å². The van der Waals surface area contributed by atoms with E-state index in [2.05, 4.69) is 43.0 Å². The van der Waals surface area contributed by atoms with Gasteiger partial charge >= 0.3 is 0 Å². The average Bonchev–Trinajstić information content (AvgIpc) is 3.33. The molecule has 2 aromatic rings. The Morgan fingerprint density at radius 3 is 2.91 bits per heavy atom. The molecule has 32 heavy (non-hydrogen) atoms. The third-order valence-electron chi connectivity index (χ3n) is 6.69. The van der Waals surface area contributed by atoms with E-state index in [1.54, 1.807) is 11.3 Å². The molecule has 0 saturated carbocycles. The quantitative estimate of drug-likeness (QED) is 0.485. The number of nitrogens with one attached hydrogen (secondary N) is 3. The van der Waals surface area contributed by atoms with Crippen molar-refractivity contribution in [3.05, 3.63) is 46.5 Å². The first-order valence-electron chi connectivity index (χ1n) is 11.4. The topological polar surface area (TPSA) is 109 Å². The summed E-state index contributed by atoms with van der Waals surface area (Å²) in [6.45, 7) is 1.03. The summed E-state index contributed by atoms with van der Waals surface area (Å²) >= 11 is 1.55. The zero-order chi connectivity index (χ0) is 21.9. The number of pyridine rings is 1. The van der Waals surface area contributed by atoms with Crippen molar-refractivity contribution in [2.45, 2.75) is 62.8 Å². The first-order chi connectivity index (χ1) is 15.7. The van der Waals surface area contributed by atoms with Gasteiger partial charge in [-0.15, -0.1) is 11.3 Å². The smallest absolute Gasteiger partial charge is 0.188 e. The van der Waals surface area contributed by atoms with Crippen LogP contribution in [0.25, 0.3) is 6.08 Å². The highest BCUT2D eigenvalue weighted by Crippen LogP contribution is 2.37. The summed E-state index contributed by atoms with van der Waals surface area (Å²) in [4.78, 5) is 12.6. The van der Waals surface area contributed by atoms with E-state index >= 15 is 0 Å². The van der Waals surface area contributed by atoms with Gasteiger partial charge in [0.2, 0.25) is 0 Å². The summed E-state index contributed by atoms with van der Waals surface area (Å²) in [5.74, 6) is 0.869. The number of nitrogens with zero attached hydrogens (tertiary/aromatic N) is 4. The largest absolute Gasteiger partial charge is 0.396 e. The van der Waals surface area contributed by atoms with Crippen molar-refractivity contribution in [1.29, 1.82) is 5.26 Å². The van der Waals surface area contributed by atoms with Gasteiger partial charge in [-0.05, 0) is 31.7 Å². The molecule has 1 unspecified atom stereocenters. The molecule has 3 aliphatic heterocycles. The summed E-state index contributed by atoms with van der Waals surface area (Å²) in [6.07, 6.45) is 11.6. The SMILES string of the molecule is N#CCCN1[C@@H]2CC[C@H]1C[C@H](NC1NC(Nc3ncc(CCO)s3)=Cc3ncccc31)C2. The Morgan fingerprint density at radius 1 is 1.28 bits per heavy atom. The zero-order valence-corrected chi connectivity index (χ0v) is 18.8. The minimum atomic E-state index is -0.0295. The number of thiazole rings is 1. The lowest BCUT2D eigenvalue weighted by atomic mass is 9.95. The third-order valence-corrected chi connectivity index (χ3v) is 7.66. The molecule has 8 nitrogen and oxygen atoms in total. The van der Waals surface area contributed by atoms with Gasteiger partial charge < -0.3 is 15.7 Å². The summed E-state index contributed by atoms with van der Waals surface area (Å²) in [5, 5.41) is 29.8. The van der Waals surface area contributed by atoms with Crippen LogP contribution in [-0.4, -0.2) is 51.3 Å². The van der Waals surface area contributed by atoms with E-state index < -0.39 is 0 Å². The maximum atomic E-state index is 9.15. The molecule has 3 aliphatic rings. The third kappa shape index (κ3) is 4.50. The van der Waals surface area contributed by atoms with Gasteiger partial charge in [0, 0.05) is 73.0 Å². The second-order valence-electron chi connectivity index (χ2n) is 8.71. The summed E-state index contributed by atoms with van der Waals surface area (Å²) < 4.78 is 0. The van der Waals surface area contributed by atoms with E-state index in [1.807, 2.05) is 24.5 Å². The van der Waals surface area contributed by atoms with Crippen molar-refractivity contribution in [2.24, 2.45) is 0 Å². The average molecular weight is 452 g/mol. The fraction of sp³-hybridized carbons (Fsp3) is 0.522. The molecular weight excluding hydrogens is 422 g/mol. The molecule has 0 aromatic carbocycles. The van der Waals surface area contributed by atoms with Crippen LogP contribution in [0, 0.1) is 11.3 Å². The standard InChI is InChI=1S/C23H29N7OS/c24-7-2-9-30-16-4-5-17(30)12-15(11-16)27-22-19-3-1-8-25-20(19)13-21(28-22)29-23-26-14-18(32-23)6-10-31/h1,3,8,13-17,22,27-28,31H,2,4-6,9-12H2,(H,26,29)/t15-,16-,17+,22?. The van der Waals surface area contributed by atoms with Gasteiger partial charge in [0.15, 0.2) is 5.13 Å². The second kappa shape index (κ2) is 9.55. The van der Waals surface area contributed by atoms with Crippen LogP contribution in [0.15, 0.2) is 30.3 Å². The van der Waals surface area contributed by atoms with Crippen LogP contribution in [0.1, 0.15) is 54.4 Å². The van der Waals surface area contributed by atoms with E-state index in [1.165, 1.54) is 12.8 Å². The number of fused-ring (bicyclic) bond motifs is 3. The number of hydrogen-bond acceptors (Lipinski definition) is 9. The Bertz CT molecular complexity index is 1000. The normalized spacial score (nSPS) is 26.7. The molecule has 0 aliphatic carbocycles. The van der Waals surface area contributed by atoms with Crippen LogP contribution in [0.4, 0.5) is 5.13 Å². The molecule has 0 radical (unpaired) electrons. The Balaban J connectivity index is 1.28. The van der Waals surface area contributed by atoms with Crippen LogP contribution < -0.4 is 16.0 Å². The van der Waals surface area contributed by atoms with Gasteiger partial charge in [-0.1, -0.05) is 6.07 Å². The van der Waals surface area contributed by atoms with Gasteiger partial charge in [-0.3, -0.25) is 15.2 Å². The number of hydrogen-bond donors (Lipinski definition) is 4. The van der Waals surface area contributed by atoms with Gasteiger partial charge in [-0.2, -0.15) is 5.26 Å². The fourth-order valence-corrected chi connectivity index (χ4v) is 6.12. The molecule has 4 atom stereocenters. The van der Waals surface area contributed by atoms with Gasteiger partial charge in [0.05, 0.1) is 11.8 Å². The van der Waals surface area contributed by atoms with Crippen LogP contribution in [-0.2, 0) is 6.42 Å². The van der Waals surface area contributed by atoms with E-state index in [0.717, 1.165) is 46.5 Å². The maximum absolute atomic E-state index is 9.15. The van der Waals surface area contributed by atoms with Crippen molar-refractivity contribution < 1.29 is 5.11 Å². The lowest BCUT2D eigenvalue weighted by Gasteiger charge is -2.41. The molecule has 0 spiro atoms. The minimum Gasteiger partial charge on any atom is -0.396 e. The maximum Gasteiger partial charge on any atom is 0.188 e. The predicted molar refractivity (Wildman–Crippen MR) is 125 cm³/mol. The number of anilines is 1.